The van der Waals surface area contributed by atoms with Gasteiger partial charge in [-0.3, -0.25) is 9.82 Å². The summed E-state index contributed by atoms with van der Waals surface area (Å²) >= 11 is 1.33. The molecular formula is C12H17N5O4S3. The highest BCUT2D eigenvalue weighted by atomic mass is 32.2. The van der Waals surface area contributed by atoms with Crippen LogP contribution in [0.1, 0.15) is 5.82 Å². The third-order valence-corrected chi connectivity index (χ3v) is 5.60. The molecule has 1 aromatic heterocycles. The monoisotopic (exact) mass is 391 g/mol. The SMILES string of the molecule is Cc1nc(SCCNS(=O)(=O)c2ccc(NS(C)(=O)=O)cc2)n[nH]1. The minimum absolute atomic E-state index is 0.0558. The highest BCUT2D eigenvalue weighted by Gasteiger charge is 2.14. The molecule has 24 heavy (non-hydrogen) atoms. The predicted molar refractivity (Wildman–Crippen MR) is 91.9 cm³/mol. The van der Waals surface area contributed by atoms with Gasteiger partial charge < -0.3 is 0 Å². The van der Waals surface area contributed by atoms with Crippen molar-refractivity contribution < 1.29 is 16.8 Å². The van der Waals surface area contributed by atoms with Crippen LogP contribution in [0.25, 0.3) is 0 Å². The smallest absolute Gasteiger partial charge is 0.240 e. The average Bonchev–Trinajstić information content (AvgIpc) is 2.88. The van der Waals surface area contributed by atoms with Gasteiger partial charge in [0.05, 0.1) is 11.2 Å². The Morgan fingerprint density at radius 1 is 1.17 bits per heavy atom. The largest absolute Gasteiger partial charge is 0.284 e. The Kier molecular flexibility index (Phi) is 5.85. The van der Waals surface area contributed by atoms with Gasteiger partial charge in [-0.2, -0.15) is 0 Å². The van der Waals surface area contributed by atoms with Crippen LogP contribution in [0, 0.1) is 6.92 Å². The fraction of sp³-hybridized carbons (Fsp3) is 0.333. The first-order chi connectivity index (χ1) is 11.2. The summed E-state index contributed by atoms with van der Waals surface area (Å²) in [5.74, 6) is 1.17. The number of hydrogen-bond donors (Lipinski definition) is 3. The zero-order chi connectivity index (χ0) is 17.8. The maximum Gasteiger partial charge on any atom is 0.240 e. The molecule has 2 aromatic rings. The van der Waals surface area contributed by atoms with Crippen LogP contribution in [0.4, 0.5) is 5.69 Å². The van der Waals surface area contributed by atoms with Crippen molar-refractivity contribution in [2.45, 2.75) is 17.0 Å². The summed E-state index contributed by atoms with van der Waals surface area (Å²) in [6, 6.07) is 5.45. The van der Waals surface area contributed by atoms with E-state index in [1.165, 1.54) is 36.0 Å². The predicted octanol–water partition coefficient (Wildman–Crippen LogP) is 0.555. The van der Waals surface area contributed by atoms with Crippen molar-refractivity contribution >= 4 is 37.5 Å². The fourth-order valence-corrected chi connectivity index (χ4v) is 4.13. The second-order valence-corrected chi connectivity index (χ2v) is 9.43. The molecule has 0 spiro atoms. The Balaban J connectivity index is 1.90. The van der Waals surface area contributed by atoms with Crippen LogP contribution in [-0.4, -0.2) is 50.6 Å². The second-order valence-electron chi connectivity index (χ2n) is 4.85. The van der Waals surface area contributed by atoms with E-state index in [2.05, 4.69) is 24.6 Å². The van der Waals surface area contributed by atoms with E-state index in [0.717, 1.165) is 6.26 Å². The van der Waals surface area contributed by atoms with Crippen LogP contribution in [0.15, 0.2) is 34.3 Å². The zero-order valence-electron chi connectivity index (χ0n) is 13.0. The van der Waals surface area contributed by atoms with Gasteiger partial charge in [-0.1, -0.05) is 11.8 Å². The topological polar surface area (TPSA) is 134 Å². The van der Waals surface area contributed by atoms with Gasteiger partial charge in [-0.05, 0) is 31.2 Å². The maximum atomic E-state index is 12.1. The summed E-state index contributed by atoms with van der Waals surface area (Å²) in [6.07, 6.45) is 1.02. The number of anilines is 1. The molecule has 0 fully saturated rings. The maximum absolute atomic E-state index is 12.1. The number of sulfonamides is 2. The van der Waals surface area contributed by atoms with Gasteiger partial charge in [-0.25, -0.2) is 26.5 Å². The van der Waals surface area contributed by atoms with E-state index >= 15 is 0 Å². The molecule has 0 saturated heterocycles. The third kappa shape index (κ3) is 5.78. The Morgan fingerprint density at radius 3 is 2.38 bits per heavy atom. The number of nitrogens with zero attached hydrogens (tertiary/aromatic N) is 2. The molecule has 0 atom stereocenters. The van der Waals surface area contributed by atoms with Gasteiger partial charge in [0.15, 0.2) is 0 Å². The van der Waals surface area contributed by atoms with Crippen LogP contribution in [-0.2, 0) is 20.0 Å². The van der Waals surface area contributed by atoms with Crippen molar-refractivity contribution in [3.63, 3.8) is 0 Å². The summed E-state index contributed by atoms with van der Waals surface area (Å²) < 4.78 is 51.3. The number of hydrogen-bond acceptors (Lipinski definition) is 7. The minimum Gasteiger partial charge on any atom is -0.284 e. The zero-order valence-corrected chi connectivity index (χ0v) is 15.4. The molecule has 132 valence electrons. The van der Waals surface area contributed by atoms with Crippen molar-refractivity contribution in [2.24, 2.45) is 0 Å². The summed E-state index contributed by atoms with van der Waals surface area (Å²) in [5, 5.41) is 7.20. The lowest BCUT2D eigenvalue weighted by molar-refractivity contribution is 0.584. The molecule has 0 radical (unpaired) electrons. The van der Waals surface area contributed by atoms with Crippen molar-refractivity contribution in [1.29, 1.82) is 0 Å². The van der Waals surface area contributed by atoms with Gasteiger partial charge >= 0.3 is 0 Å². The highest BCUT2D eigenvalue weighted by Crippen LogP contribution is 2.15. The van der Waals surface area contributed by atoms with Crippen molar-refractivity contribution in [3.8, 4) is 0 Å². The highest BCUT2D eigenvalue weighted by molar-refractivity contribution is 7.99. The Morgan fingerprint density at radius 2 is 1.83 bits per heavy atom. The molecule has 12 heteroatoms. The number of thioether (sulfide) groups is 1. The Hall–Kier alpha value is -1.63. The van der Waals surface area contributed by atoms with Crippen molar-refractivity contribution in [3.05, 3.63) is 30.1 Å². The summed E-state index contributed by atoms with van der Waals surface area (Å²) in [5.41, 5.74) is 0.298. The lowest BCUT2D eigenvalue weighted by Crippen LogP contribution is -2.26. The molecule has 1 aromatic carbocycles. The minimum atomic E-state index is -3.66. The number of aromatic amines is 1. The quantitative estimate of drug-likeness (QED) is 0.442. The second kappa shape index (κ2) is 7.51. The molecule has 0 saturated carbocycles. The van der Waals surface area contributed by atoms with Gasteiger partial charge in [0, 0.05) is 18.0 Å². The van der Waals surface area contributed by atoms with E-state index in [9.17, 15) is 16.8 Å². The molecule has 2 rings (SSSR count). The van der Waals surface area contributed by atoms with Crippen LogP contribution in [0.2, 0.25) is 0 Å². The normalized spacial score (nSPS) is 12.2. The number of rotatable bonds is 8. The third-order valence-electron chi connectivity index (χ3n) is 2.67. The van der Waals surface area contributed by atoms with E-state index in [0.29, 0.717) is 22.4 Å². The first kappa shape index (κ1) is 18.7. The standard InChI is InChI=1S/C12H17N5O4S3/c1-9-14-12(16-15-9)22-8-7-13-24(20,21)11-5-3-10(4-6-11)17-23(2,18)19/h3-6,13,17H,7-8H2,1-2H3,(H,14,15,16). The molecule has 0 bridgehead atoms. The molecule has 0 aliphatic rings. The van der Waals surface area contributed by atoms with Crippen LogP contribution < -0.4 is 9.44 Å². The van der Waals surface area contributed by atoms with Crippen molar-refractivity contribution in [2.75, 3.05) is 23.3 Å². The Labute approximate surface area is 144 Å². The molecule has 1 heterocycles. The average molecular weight is 392 g/mol. The summed E-state index contributed by atoms with van der Waals surface area (Å²) in [7, 11) is -7.06. The molecule has 9 nitrogen and oxygen atoms in total. The van der Waals surface area contributed by atoms with Gasteiger partial charge in [0.2, 0.25) is 25.2 Å². The molecule has 0 aliphatic carbocycles. The number of aryl methyl sites for hydroxylation is 1. The van der Waals surface area contributed by atoms with Crippen LogP contribution in [0.3, 0.4) is 0 Å². The number of benzene rings is 1. The first-order valence-electron chi connectivity index (χ1n) is 6.75. The van der Waals surface area contributed by atoms with Crippen molar-refractivity contribution in [1.82, 2.24) is 19.9 Å². The molecule has 0 unspecified atom stereocenters. The summed E-state index contributed by atoms with van der Waals surface area (Å²) in [4.78, 5) is 4.16. The molecule has 0 amide bonds. The van der Waals surface area contributed by atoms with E-state index in [4.69, 9.17) is 0 Å². The number of aromatic nitrogens is 3. The van der Waals surface area contributed by atoms with Gasteiger partial charge in [0.25, 0.3) is 0 Å². The summed E-state index contributed by atoms with van der Waals surface area (Å²) in [6.45, 7) is 1.99. The molecule has 0 aliphatic heterocycles. The van der Waals surface area contributed by atoms with E-state index in [-0.39, 0.29) is 11.4 Å². The number of nitrogens with one attached hydrogen (secondary N) is 3. The Bertz CT molecular complexity index is 891. The van der Waals surface area contributed by atoms with E-state index in [1.807, 2.05) is 0 Å². The molecular weight excluding hydrogens is 374 g/mol. The lowest BCUT2D eigenvalue weighted by Gasteiger charge is -2.08. The number of H-pyrrole nitrogens is 1. The molecule has 3 N–H and O–H groups in total. The lowest BCUT2D eigenvalue weighted by atomic mass is 10.3. The van der Waals surface area contributed by atoms with Crippen LogP contribution >= 0.6 is 11.8 Å². The van der Waals surface area contributed by atoms with Gasteiger partial charge in [0.1, 0.15) is 5.82 Å². The van der Waals surface area contributed by atoms with E-state index < -0.39 is 20.0 Å². The van der Waals surface area contributed by atoms with E-state index in [1.54, 1.807) is 6.92 Å². The fourth-order valence-electron chi connectivity index (χ4n) is 1.70. The van der Waals surface area contributed by atoms with Gasteiger partial charge in [-0.15, -0.1) is 5.10 Å². The first-order valence-corrected chi connectivity index (χ1v) is 11.1. The van der Waals surface area contributed by atoms with Crippen LogP contribution in [0.5, 0.6) is 0 Å².